The highest BCUT2D eigenvalue weighted by Crippen LogP contribution is 2.15. The summed E-state index contributed by atoms with van der Waals surface area (Å²) >= 11 is 0. The van der Waals surface area contributed by atoms with Crippen LogP contribution >= 0.6 is 0 Å². The molecule has 1 aromatic carbocycles. The summed E-state index contributed by atoms with van der Waals surface area (Å²) in [5.74, 6) is 0.689. The van der Waals surface area contributed by atoms with E-state index in [1.807, 2.05) is 0 Å². The van der Waals surface area contributed by atoms with E-state index in [-0.39, 0.29) is 24.2 Å². The van der Waals surface area contributed by atoms with Gasteiger partial charge in [-0.25, -0.2) is 8.42 Å². The summed E-state index contributed by atoms with van der Waals surface area (Å²) in [6.45, 7) is 0.790. The second-order valence-electron chi connectivity index (χ2n) is 5.08. The fourth-order valence-corrected chi connectivity index (χ4v) is 3.56. The maximum Gasteiger partial charge on any atom is 0.156 e. The van der Waals surface area contributed by atoms with E-state index >= 15 is 0 Å². The van der Waals surface area contributed by atoms with E-state index in [2.05, 4.69) is 6.07 Å². The van der Waals surface area contributed by atoms with Gasteiger partial charge in [-0.2, -0.15) is 5.26 Å². The van der Waals surface area contributed by atoms with Crippen LogP contribution in [0.2, 0.25) is 0 Å². The first kappa shape index (κ1) is 15.8. The Balaban J connectivity index is 1.76. The van der Waals surface area contributed by atoms with Crippen molar-refractivity contribution in [1.82, 2.24) is 0 Å². The minimum Gasteiger partial charge on any atom is -0.493 e. The third kappa shape index (κ3) is 5.37. The molecule has 0 bridgehead atoms. The average molecular weight is 309 g/mol. The van der Waals surface area contributed by atoms with Gasteiger partial charge in [0.05, 0.1) is 30.1 Å². The molecule has 5 nitrogen and oxygen atoms in total. The maximum atomic E-state index is 11.9. The van der Waals surface area contributed by atoms with Crippen molar-refractivity contribution < 1.29 is 17.9 Å². The minimum atomic E-state index is -3.14. The molecular weight excluding hydrogens is 290 g/mol. The van der Waals surface area contributed by atoms with Crippen molar-refractivity contribution in [2.45, 2.75) is 25.4 Å². The first-order valence-electron chi connectivity index (χ1n) is 7.00. The number of hydrogen-bond acceptors (Lipinski definition) is 5. The van der Waals surface area contributed by atoms with Crippen LogP contribution in [0.5, 0.6) is 5.75 Å². The van der Waals surface area contributed by atoms with Crippen molar-refractivity contribution in [3.05, 3.63) is 29.8 Å². The molecular formula is C15H19NO4S. The second-order valence-corrected chi connectivity index (χ2v) is 7.31. The SMILES string of the molecule is N#CCc1ccc(OCCS(=O)(=O)CC2CCCO2)cc1. The number of nitrogens with zero attached hydrogens (tertiary/aromatic N) is 1. The fourth-order valence-electron chi connectivity index (χ4n) is 2.22. The van der Waals surface area contributed by atoms with Crippen molar-refractivity contribution in [2.75, 3.05) is 24.7 Å². The van der Waals surface area contributed by atoms with Crippen LogP contribution in [0, 0.1) is 11.3 Å². The normalized spacial score (nSPS) is 18.3. The van der Waals surface area contributed by atoms with E-state index in [1.54, 1.807) is 24.3 Å². The summed E-state index contributed by atoms with van der Waals surface area (Å²) in [6, 6.07) is 9.18. The number of sulfone groups is 1. The summed E-state index contributed by atoms with van der Waals surface area (Å²) in [7, 11) is -3.14. The van der Waals surface area contributed by atoms with E-state index in [9.17, 15) is 8.42 Å². The van der Waals surface area contributed by atoms with Crippen LogP contribution in [-0.2, 0) is 21.0 Å². The summed E-state index contributed by atoms with van der Waals surface area (Å²) in [6.07, 6.45) is 1.96. The van der Waals surface area contributed by atoms with Crippen LogP contribution in [0.4, 0.5) is 0 Å². The molecule has 2 rings (SSSR count). The topological polar surface area (TPSA) is 76.4 Å². The third-order valence-electron chi connectivity index (χ3n) is 3.33. The molecule has 0 aromatic heterocycles. The fraction of sp³-hybridized carbons (Fsp3) is 0.533. The first-order chi connectivity index (χ1) is 10.1. The lowest BCUT2D eigenvalue weighted by atomic mass is 10.2. The van der Waals surface area contributed by atoms with Crippen LogP contribution in [0.25, 0.3) is 0 Å². The summed E-state index contributed by atoms with van der Waals surface area (Å²) in [5.41, 5.74) is 0.913. The molecule has 1 atom stereocenters. The van der Waals surface area contributed by atoms with Crippen LogP contribution in [-0.4, -0.2) is 39.2 Å². The molecule has 0 saturated carbocycles. The highest BCUT2D eigenvalue weighted by atomic mass is 32.2. The van der Waals surface area contributed by atoms with Crippen LogP contribution in [0.15, 0.2) is 24.3 Å². The van der Waals surface area contributed by atoms with Gasteiger partial charge in [0.25, 0.3) is 0 Å². The Kier molecular flexibility index (Phi) is 5.59. The molecule has 1 unspecified atom stereocenters. The highest BCUT2D eigenvalue weighted by Gasteiger charge is 2.23. The third-order valence-corrected chi connectivity index (χ3v) is 5.00. The maximum absolute atomic E-state index is 11.9. The van der Waals surface area contributed by atoms with Gasteiger partial charge in [-0.05, 0) is 30.5 Å². The lowest BCUT2D eigenvalue weighted by Crippen LogP contribution is -2.25. The summed E-state index contributed by atoms with van der Waals surface area (Å²) in [5, 5.41) is 8.58. The van der Waals surface area contributed by atoms with Crippen LogP contribution in [0.1, 0.15) is 18.4 Å². The van der Waals surface area contributed by atoms with E-state index in [0.29, 0.717) is 18.8 Å². The molecule has 0 radical (unpaired) electrons. The second kappa shape index (κ2) is 7.43. The summed E-state index contributed by atoms with van der Waals surface area (Å²) < 4.78 is 34.6. The van der Waals surface area contributed by atoms with Gasteiger partial charge in [0.1, 0.15) is 12.4 Å². The van der Waals surface area contributed by atoms with Crippen molar-refractivity contribution in [1.29, 1.82) is 5.26 Å². The van der Waals surface area contributed by atoms with Gasteiger partial charge >= 0.3 is 0 Å². The largest absolute Gasteiger partial charge is 0.493 e. The van der Waals surface area contributed by atoms with Crippen LogP contribution < -0.4 is 4.74 Å². The molecule has 1 aromatic rings. The molecule has 1 aliphatic heterocycles. The minimum absolute atomic E-state index is 0.00714. The van der Waals surface area contributed by atoms with Gasteiger partial charge in [-0.1, -0.05) is 12.1 Å². The predicted octanol–water partition coefficient (Wildman–Crippen LogP) is 1.73. The zero-order valence-corrected chi connectivity index (χ0v) is 12.6. The Hall–Kier alpha value is -1.58. The molecule has 21 heavy (non-hydrogen) atoms. The van der Waals surface area contributed by atoms with Gasteiger partial charge in [0.2, 0.25) is 0 Å². The zero-order chi connectivity index (χ0) is 15.1. The van der Waals surface area contributed by atoms with Crippen molar-refractivity contribution in [2.24, 2.45) is 0 Å². The quantitative estimate of drug-likeness (QED) is 0.766. The van der Waals surface area contributed by atoms with E-state index < -0.39 is 9.84 Å². The highest BCUT2D eigenvalue weighted by molar-refractivity contribution is 7.91. The van der Waals surface area contributed by atoms with Crippen LogP contribution in [0.3, 0.4) is 0 Å². The Morgan fingerprint density at radius 1 is 1.33 bits per heavy atom. The number of benzene rings is 1. The van der Waals surface area contributed by atoms with Crippen molar-refractivity contribution in [3.63, 3.8) is 0 Å². The lowest BCUT2D eigenvalue weighted by molar-refractivity contribution is 0.127. The summed E-state index contributed by atoms with van der Waals surface area (Å²) in [4.78, 5) is 0. The monoisotopic (exact) mass is 309 g/mol. The molecule has 114 valence electrons. The van der Waals surface area contributed by atoms with Gasteiger partial charge < -0.3 is 9.47 Å². The van der Waals surface area contributed by atoms with Gasteiger partial charge in [0.15, 0.2) is 9.84 Å². The molecule has 0 spiro atoms. The molecule has 6 heteroatoms. The predicted molar refractivity (Wildman–Crippen MR) is 78.9 cm³/mol. The average Bonchev–Trinajstić information content (AvgIpc) is 2.93. The molecule has 1 heterocycles. The molecule has 0 aliphatic carbocycles. The van der Waals surface area contributed by atoms with E-state index in [1.165, 1.54) is 0 Å². The number of rotatable bonds is 7. The smallest absolute Gasteiger partial charge is 0.156 e. The van der Waals surface area contributed by atoms with Gasteiger partial charge in [0, 0.05) is 6.61 Å². The van der Waals surface area contributed by atoms with Gasteiger partial charge in [-0.3, -0.25) is 0 Å². The Labute approximate surface area is 125 Å². The lowest BCUT2D eigenvalue weighted by Gasteiger charge is -2.11. The molecule has 0 amide bonds. The Morgan fingerprint density at radius 2 is 2.10 bits per heavy atom. The van der Waals surface area contributed by atoms with Gasteiger partial charge in [-0.15, -0.1) is 0 Å². The molecule has 1 fully saturated rings. The molecule has 1 saturated heterocycles. The zero-order valence-electron chi connectivity index (χ0n) is 11.8. The standard InChI is InChI=1S/C15H19NO4S/c16-8-7-13-3-5-14(6-4-13)20-10-11-21(17,18)12-15-2-1-9-19-15/h3-6,15H,1-2,7,9-12H2. The number of ether oxygens (including phenoxy) is 2. The Bertz CT molecular complexity index is 583. The Morgan fingerprint density at radius 3 is 2.71 bits per heavy atom. The number of hydrogen-bond donors (Lipinski definition) is 0. The first-order valence-corrected chi connectivity index (χ1v) is 8.82. The van der Waals surface area contributed by atoms with E-state index in [0.717, 1.165) is 18.4 Å². The molecule has 0 N–H and O–H groups in total. The van der Waals surface area contributed by atoms with Crippen molar-refractivity contribution >= 4 is 9.84 Å². The number of nitriles is 1. The molecule has 1 aliphatic rings. The van der Waals surface area contributed by atoms with E-state index in [4.69, 9.17) is 14.7 Å². The van der Waals surface area contributed by atoms with Crippen molar-refractivity contribution in [3.8, 4) is 11.8 Å².